The summed E-state index contributed by atoms with van der Waals surface area (Å²) in [5, 5.41) is 2.65. The lowest BCUT2D eigenvalue weighted by atomic mass is 10.4. The predicted octanol–water partition coefficient (Wildman–Crippen LogP) is 0.164. The molecule has 76 valence electrons. The number of nitrogens with one attached hydrogen (secondary N) is 1. The Hall–Kier alpha value is -1.62. The van der Waals surface area contributed by atoms with Gasteiger partial charge in [0, 0.05) is 0 Å². The van der Waals surface area contributed by atoms with E-state index in [4.69, 9.17) is 5.73 Å². The molecule has 0 fully saturated rings. The number of hydrogen-bond acceptors (Lipinski definition) is 4. The van der Waals surface area contributed by atoms with Crippen LogP contribution in [0.25, 0.3) is 0 Å². The van der Waals surface area contributed by atoms with Crippen LogP contribution in [0.5, 0.6) is 0 Å². The van der Waals surface area contributed by atoms with Gasteiger partial charge in [0.1, 0.15) is 5.82 Å². The van der Waals surface area contributed by atoms with Gasteiger partial charge in [0.15, 0.2) is 0 Å². The Morgan fingerprint density at radius 2 is 2.29 bits per heavy atom. The molecule has 0 aliphatic rings. The molecule has 0 aromatic carbocycles. The fourth-order valence-corrected chi connectivity index (χ4v) is 0.949. The second-order valence-corrected chi connectivity index (χ2v) is 3.26. The average molecular weight is 194 g/mol. The molecule has 0 aliphatic carbocycles. The summed E-state index contributed by atoms with van der Waals surface area (Å²) in [4.78, 5) is 17.0. The summed E-state index contributed by atoms with van der Waals surface area (Å²) in [6.45, 7) is 0.339. The van der Waals surface area contributed by atoms with E-state index in [1.54, 1.807) is 17.0 Å². The van der Waals surface area contributed by atoms with E-state index in [-0.39, 0.29) is 5.91 Å². The fraction of sp³-hybridized carbons (Fsp3) is 0.333. The van der Waals surface area contributed by atoms with Crippen molar-refractivity contribution in [1.82, 2.24) is 9.88 Å². The minimum Gasteiger partial charge on any atom is -0.397 e. The topological polar surface area (TPSA) is 71.2 Å². The van der Waals surface area contributed by atoms with Crippen molar-refractivity contribution in [3.8, 4) is 0 Å². The van der Waals surface area contributed by atoms with E-state index in [1.807, 2.05) is 14.1 Å². The van der Waals surface area contributed by atoms with Crippen molar-refractivity contribution >= 4 is 17.4 Å². The lowest BCUT2D eigenvalue weighted by Gasteiger charge is -2.09. The molecule has 1 aromatic heterocycles. The molecule has 1 amide bonds. The summed E-state index contributed by atoms with van der Waals surface area (Å²) in [7, 11) is 3.66. The summed E-state index contributed by atoms with van der Waals surface area (Å²) in [6, 6.07) is 3.36. The Morgan fingerprint density at radius 1 is 1.57 bits per heavy atom. The molecule has 0 unspecified atom stereocenters. The SMILES string of the molecule is CN(C)CC(=O)Nc1ccc(N)cn1. The number of nitrogen functional groups attached to an aromatic ring is 1. The molecule has 1 rings (SSSR count). The fourth-order valence-electron chi connectivity index (χ4n) is 0.949. The number of anilines is 2. The quantitative estimate of drug-likeness (QED) is 0.719. The Labute approximate surface area is 82.9 Å². The van der Waals surface area contributed by atoms with Crippen molar-refractivity contribution in [2.75, 3.05) is 31.7 Å². The van der Waals surface area contributed by atoms with Gasteiger partial charge in [-0.15, -0.1) is 0 Å². The number of nitrogens with two attached hydrogens (primary N) is 1. The van der Waals surface area contributed by atoms with Crippen LogP contribution < -0.4 is 11.1 Å². The highest BCUT2D eigenvalue weighted by Gasteiger charge is 2.03. The minimum atomic E-state index is -0.0905. The van der Waals surface area contributed by atoms with Crippen molar-refractivity contribution in [2.24, 2.45) is 0 Å². The molecule has 1 aromatic rings. The molecule has 3 N–H and O–H groups in total. The minimum absolute atomic E-state index is 0.0905. The van der Waals surface area contributed by atoms with Gasteiger partial charge in [-0.3, -0.25) is 4.79 Å². The zero-order chi connectivity index (χ0) is 10.6. The third kappa shape index (κ3) is 3.40. The van der Waals surface area contributed by atoms with Gasteiger partial charge in [0.2, 0.25) is 5.91 Å². The van der Waals surface area contributed by atoms with Crippen LogP contribution in [0.2, 0.25) is 0 Å². The smallest absolute Gasteiger partial charge is 0.239 e. The Bertz CT molecular complexity index is 307. The first-order chi connectivity index (χ1) is 6.58. The van der Waals surface area contributed by atoms with Crippen LogP contribution in [-0.4, -0.2) is 36.4 Å². The zero-order valence-corrected chi connectivity index (χ0v) is 8.32. The van der Waals surface area contributed by atoms with Crippen LogP contribution in [0, 0.1) is 0 Å². The van der Waals surface area contributed by atoms with E-state index in [9.17, 15) is 4.79 Å². The van der Waals surface area contributed by atoms with Crippen LogP contribution in [0.15, 0.2) is 18.3 Å². The maximum Gasteiger partial charge on any atom is 0.239 e. The maximum absolute atomic E-state index is 11.3. The van der Waals surface area contributed by atoms with Crippen LogP contribution in [-0.2, 0) is 4.79 Å². The first-order valence-electron chi connectivity index (χ1n) is 4.24. The monoisotopic (exact) mass is 194 g/mol. The Kier molecular flexibility index (Phi) is 3.41. The lowest BCUT2D eigenvalue weighted by molar-refractivity contribution is -0.116. The second kappa shape index (κ2) is 4.57. The van der Waals surface area contributed by atoms with E-state index in [2.05, 4.69) is 10.3 Å². The number of carbonyl (C=O) groups is 1. The number of amides is 1. The van der Waals surface area contributed by atoms with E-state index >= 15 is 0 Å². The van der Waals surface area contributed by atoms with Crippen molar-refractivity contribution < 1.29 is 4.79 Å². The van der Waals surface area contributed by atoms with Crippen molar-refractivity contribution in [3.63, 3.8) is 0 Å². The summed E-state index contributed by atoms with van der Waals surface area (Å²) < 4.78 is 0. The van der Waals surface area contributed by atoms with Gasteiger partial charge < -0.3 is 16.0 Å². The van der Waals surface area contributed by atoms with Crippen LogP contribution in [0.3, 0.4) is 0 Å². The molecule has 0 radical (unpaired) electrons. The van der Waals surface area contributed by atoms with Gasteiger partial charge in [0.05, 0.1) is 18.4 Å². The molecule has 14 heavy (non-hydrogen) atoms. The number of aromatic nitrogens is 1. The molecular formula is C9H14N4O. The molecule has 5 nitrogen and oxygen atoms in total. The van der Waals surface area contributed by atoms with Gasteiger partial charge >= 0.3 is 0 Å². The summed E-state index contributed by atoms with van der Waals surface area (Å²) >= 11 is 0. The van der Waals surface area contributed by atoms with Gasteiger partial charge in [-0.25, -0.2) is 4.98 Å². The molecule has 1 heterocycles. The van der Waals surface area contributed by atoms with Gasteiger partial charge in [-0.05, 0) is 26.2 Å². The van der Waals surface area contributed by atoms with Crippen molar-refractivity contribution in [2.45, 2.75) is 0 Å². The van der Waals surface area contributed by atoms with Crippen molar-refractivity contribution in [3.05, 3.63) is 18.3 Å². The molecule has 0 saturated heterocycles. The second-order valence-electron chi connectivity index (χ2n) is 3.26. The number of carbonyl (C=O) groups excluding carboxylic acids is 1. The molecule has 0 saturated carbocycles. The highest BCUT2D eigenvalue weighted by Crippen LogP contribution is 2.05. The van der Waals surface area contributed by atoms with Crippen molar-refractivity contribution in [1.29, 1.82) is 0 Å². The number of nitrogens with zero attached hydrogens (tertiary/aromatic N) is 2. The van der Waals surface area contributed by atoms with Crippen LogP contribution >= 0.6 is 0 Å². The maximum atomic E-state index is 11.3. The molecule has 5 heteroatoms. The molecule has 0 atom stereocenters. The molecule has 0 spiro atoms. The van der Waals surface area contributed by atoms with Crippen LogP contribution in [0.4, 0.5) is 11.5 Å². The summed E-state index contributed by atoms with van der Waals surface area (Å²) in [5.74, 6) is 0.429. The standard InChI is InChI=1S/C9H14N4O/c1-13(2)6-9(14)12-8-4-3-7(10)5-11-8/h3-5H,6,10H2,1-2H3,(H,11,12,14). The van der Waals surface area contributed by atoms with E-state index in [1.165, 1.54) is 6.20 Å². The van der Waals surface area contributed by atoms with Gasteiger partial charge in [-0.2, -0.15) is 0 Å². The van der Waals surface area contributed by atoms with E-state index < -0.39 is 0 Å². The molecular weight excluding hydrogens is 180 g/mol. The Morgan fingerprint density at radius 3 is 2.79 bits per heavy atom. The zero-order valence-electron chi connectivity index (χ0n) is 8.32. The van der Waals surface area contributed by atoms with E-state index in [0.29, 0.717) is 18.1 Å². The number of likely N-dealkylation sites (N-methyl/N-ethyl adjacent to an activating group) is 1. The average Bonchev–Trinajstić information content (AvgIpc) is 2.07. The predicted molar refractivity (Wildman–Crippen MR) is 55.8 cm³/mol. The largest absolute Gasteiger partial charge is 0.397 e. The Balaban J connectivity index is 2.52. The first-order valence-corrected chi connectivity index (χ1v) is 4.24. The number of hydrogen-bond donors (Lipinski definition) is 2. The summed E-state index contributed by atoms with van der Waals surface area (Å²) in [6.07, 6.45) is 1.51. The highest BCUT2D eigenvalue weighted by molar-refractivity contribution is 5.91. The lowest BCUT2D eigenvalue weighted by Crippen LogP contribution is -2.27. The van der Waals surface area contributed by atoms with Crippen LogP contribution in [0.1, 0.15) is 0 Å². The van der Waals surface area contributed by atoms with E-state index in [0.717, 1.165) is 0 Å². The number of pyridine rings is 1. The normalized spacial score (nSPS) is 10.2. The molecule has 0 aliphatic heterocycles. The summed E-state index contributed by atoms with van der Waals surface area (Å²) in [5.41, 5.74) is 6.03. The van der Waals surface area contributed by atoms with Gasteiger partial charge in [0.25, 0.3) is 0 Å². The third-order valence-electron chi connectivity index (χ3n) is 1.51. The first kappa shape index (κ1) is 10.5. The number of rotatable bonds is 3. The third-order valence-corrected chi connectivity index (χ3v) is 1.51. The molecule has 0 bridgehead atoms. The highest BCUT2D eigenvalue weighted by atomic mass is 16.2. The van der Waals surface area contributed by atoms with Gasteiger partial charge in [-0.1, -0.05) is 0 Å².